The van der Waals surface area contributed by atoms with Gasteiger partial charge in [0.05, 0.1) is 15.1 Å². The summed E-state index contributed by atoms with van der Waals surface area (Å²) < 4.78 is 42.8. The zero-order valence-corrected chi connectivity index (χ0v) is 18.5. The summed E-state index contributed by atoms with van der Waals surface area (Å²) in [7, 11) is 0.454. The lowest BCUT2D eigenvalue weighted by molar-refractivity contribution is -0.120. The summed E-state index contributed by atoms with van der Waals surface area (Å²) >= 11 is 1.25. The molecule has 0 atom stereocenters. The van der Waals surface area contributed by atoms with Crippen LogP contribution < -0.4 is 9.64 Å². The summed E-state index contributed by atoms with van der Waals surface area (Å²) in [4.78, 5) is 21.1. The fourth-order valence-electron chi connectivity index (χ4n) is 2.62. The quantitative estimate of drug-likeness (QED) is 0.524. The van der Waals surface area contributed by atoms with Crippen LogP contribution in [0.5, 0.6) is 5.75 Å². The van der Waals surface area contributed by atoms with E-state index in [2.05, 4.69) is 4.98 Å². The SMILES string of the molecule is CN(C)CCN(C(=O)COc1ccc(F)cc1)c1nc2ccc(S(C)(=O)=O)cc2s1. The van der Waals surface area contributed by atoms with Gasteiger partial charge in [0.15, 0.2) is 21.6 Å². The Labute approximate surface area is 178 Å². The van der Waals surface area contributed by atoms with E-state index in [0.717, 1.165) is 6.26 Å². The predicted octanol–water partition coefficient (Wildman–Crippen LogP) is 2.81. The van der Waals surface area contributed by atoms with Gasteiger partial charge in [-0.15, -0.1) is 0 Å². The van der Waals surface area contributed by atoms with Gasteiger partial charge in [0, 0.05) is 19.3 Å². The standard InChI is InChI=1S/C20H22FN3O4S2/c1-23(2)10-11-24(19(25)13-28-15-6-4-14(21)5-7-15)20-22-17-9-8-16(30(3,26)27)12-18(17)29-20/h4-9,12H,10-11,13H2,1-3H3. The predicted molar refractivity (Wildman–Crippen MR) is 116 cm³/mol. The number of sulfone groups is 1. The molecule has 1 heterocycles. The molecule has 2 aromatic carbocycles. The lowest BCUT2D eigenvalue weighted by Crippen LogP contribution is -2.39. The van der Waals surface area contributed by atoms with E-state index in [4.69, 9.17) is 4.74 Å². The van der Waals surface area contributed by atoms with Crippen LogP contribution in [0, 0.1) is 5.82 Å². The van der Waals surface area contributed by atoms with Gasteiger partial charge in [-0.05, 0) is 56.6 Å². The van der Waals surface area contributed by atoms with Gasteiger partial charge in [0.1, 0.15) is 11.6 Å². The Morgan fingerprint density at radius 2 is 1.83 bits per heavy atom. The number of likely N-dealkylation sites (N-methyl/N-ethyl adjacent to an activating group) is 1. The molecule has 30 heavy (non-hydrogen) atoms. The van der Waals surface area contributed by atoms with Crippen LogP contribution >= 0.6 is 11.3 Å². The van der Waals surface area contributed by atoms with Crippen molar-refractivity contribution in [2.75, 3.05) is 44.9 Å². The molecular formula is C20H22FN3O4S2. The molecule has 0 aliphatic rings. The first kappa shape index (κ1) is 22.1. The lowest BCUT2D eigenvalue weighted by atomic mass is 10.3. The van der Waals surface area contributed by atoms with Gasteiger partial charge in [-0.1, -0.05) is 11.3 Å². The van der Waals surface area contributed by atoms with Crippen molar-refractivity contribution in [2.45, 2.75) is 4.90 Å². The highest BCUT2D eigenvalue weighted by molar-refractivity contribution is 7.90. The Kier molecular flexibility index (Phi) is 6.69. The van der Waals surface area contributed by atoms with Gasteiger partial charge >= 0.3 is 0 Å². The van der Waals surface area contributed by atoms with Gasteiger partial charge in [-0.25, -0.2) is 17.8 Å². The second kappa shape index (κ2) is 9.07. The van der Waals surface area contributed by atoms with E-state index in [1.54, 1.807) is 12.1 Å². The highest BCUT2D eigenvalue weighted by Crippen LogP contribution is 2.30. The molecule has 0 bridgehead atoms. The van der Waals surface area contributed by atoms with Crippen molar-refractivity contribution in [2.24, 2.45) is 0 Å². The van der Waals surface area contributed by atoms with Crippen LogP contribution in [0.2, 0.25) is 0 Å². The van der Waals surface area contributed by atoms with E-state index in [9.17, 15) is 17.6 Å². The zero-order chi connectivity index (χ0) is 21.9. The summed E-state index contributed by atoms with van der Waals surface area (Å²) in [6.07, 6.45) is 1.15. The van der Waals surface area contributed by atoms with E-state index in [-0.39, 0.29) is 23.2 Å². The van der Waals surface area contributed by atoms with Crippen molar-refractivity contribution in [1.82, 2.24) is 9.88 Å². The maximum absolute atomic E-state index is 13.0. The number of carbonyl (C=O) groups is 1. The molecule has 7 nitrogen and oxygen atoms in total. The molecule has 10 heteroatoms. The van der Waals surface area contributed by atoms with Crippen LogP contribution in [-0.4, -0.2) is 64.3 Å². The molecule has 0 N–H and O–H groups in total. The van der Waals surface area contributed by atoms with Crippen LogP contribution in [0.4, 0.5) is 9.52 Å². The fraction of sp³-hybridized carbons (Fsp3) is 0.300. The number of anilines is 1. The minimum atomic E-state index is -3.34. The Bertz CT molecular complexity index is 1140. The highest BCUT2D eigenvalue weighted by Gasteiger charge is 2.21. The fourth-order valence-corrected chi connectivity index (χ4v) is 4.39. The van der Waals surface area contributed by atoms with Crippen molar-refractivity contribution >= 4 is 42.4 Å². The molecule has 0 unspecified atom stereocenters. The second-order valence-corrected chi connectivity index (χ2v) is 10.0. The summed E-state index contributed by atoms with van der Waals surface area (Å²) in [6, 6.07) is 10.1. The van der Waals surface area contributed by atoms with Gasteiger partial charge < -0.3 is 9.64 Å². The second-order valence-electron chi connectivity index (χ2n) is 6.99. The van der Waals surface area contributed by atoms with Crippen molar-refractivity contribution in [3.63, 3.8) is 0 Å². The molecule has 0 fully saturated rings. The number of benzene rings is 2. The number of thiazole rings is 1. The average Bonchev–Trinajstić information content (AvgIpc) is 3.09. The van der Waals surface area contributed by atoms with E-state index < -0.39 is 9.84 Å². The number of halogens is 1. The Balaban J connectivity index is 1.84. The normalized spacial score (nSPS) is 11.8. The maximum Gasteiger partial charge on any atom is 0.266 e. The summed E-state index contributed by atoms with van der Waals surface area (Å²) in [6.45, 7) is 0.758. The number of rotatable bonds is 8. The Morgan fingerprint density at radius 3 is 2.47 bits per heavy atom. The summed E-state index contributed by atoms with van der Waals surface area (Å²) in [5.41, 5.74) is 0.615. The molecular weight excluding hydrogens is 429 g/mol. The number of hydrogen-bond donors (Lipinski definition) is 0. The third kappa shape index (κ3) is 5.53. The van der Waals surface area contributed by atoms with E-state index in [0.29, 0.717) is 34.2 Å². The van der Waals surface area contributed by atoms with Gasteiger partial charge in [-0.2, -0.15) is 0 Å². The molecule has 160 valence electrons. The molecule has 0 saturated carbocycles. The first-order chi connectivity index (χ1) is 14.1. The number of fused-ring (bicyclic) bond motifs is 1. The molecule has 0 radical (unpaired) electrons. The molecule has 1 amide bonds. The monoisotopic (exact) mass is 451 g/mol. The van der Waals surface area contributed by atoms with E-state index >= 15 is 0 Å². The van der Waals surface area contributed by atoms with Crippen molar-refractivity contribution in [3.8, 4) is 5.75 Å². The first-order valence-corrected chi connectivity index (χ1v) is 11.8. The maximum atomic E-state index is 13.0. The van der Waals surface area contributed by atoms with E-state index in [1.807, 2.05) is 19.0 Å². The largest absolute Gasteiger partial charge is 0.484 e. The Morgan fingerprint density at radius 1 is 1.13 bits per heavy atom. The third-order valence-electron chi connectivity index (χ3n) is 4.26. The van der Waals surface area contributed by atoms with Crippen molar-refractivity contribution in [1.29, 1.82) is 0 Å². The van der Waals surface area contributed by atoms with Gasteiger partial charge in [0.2, 0.25) is 0 Å². The van der Waals surface area contributed by atoms with Crippen LogP contribution in [-0.2, 0) is 14.6 Å². The number of aromatic nitrogens is 1. The molecule has 0 saturated heterocycles. The van der Waals surface area contributed by atoms with Crippen molar-refractivity contribution in [3.05, 3.63) is 48.3 Å². The zero-order valence-electron chi connectivity index (χ0n) is 16.8. The Hall–Kier alpha value is -2.56. The number of carbonyl (C=O) groups excluding carboxylic acids is 1. The number of nitrogens with zero attached hydrogens (tertiary/aromatic N) is 3. The third-order valence-corrected chi connectivity index (χ3v) is 6.41. The van der Waals surface area contributed by atoms with Gasteiger partial charge in [0.25, 0.3) is 5.91 Å². The van der Waals surface area contributed by atoms with E-state index in [1.165, 1.54) is 46.6 Å². The highest BCUT2D eigenvalue weighted by atomic mass is 32.2. The van der Waals surface area contributed by atoms with Gasteiger partial charge in [-0.3, -0.25) is 9.69 Å². The molecule has 3 aromatic rings. The minimum absolute atomic E-state index is 0.205. The number of ether oxygens (including phenoxy) is 1. The number of amides is 1. The van der Waals surface area contributed by atoms with Crippen LogP contribution in [0.15, 0.2) is 47.4 Å². The molecule has 0 aliphatic heterocycles. The molecule has 0 spiro atoms. The van der Waals surface area contributed by atoms with Crippen LogP contribution in [0.3, 0.4) is 0 Å². The number of hydrogen-bond acceptors (Lipinski definition) is 7. The summed E-state index contributed by atoms with van der Waals surface area (Å²) in [5, 5.41) is 0.463. The molecule has 1 aromatic heterocycles. The topological polar surface area (TPSA) is 79.8 Å². The van der Waals surface area contributed by atoms with Crippen molar-refractivity contribution < 1.29 is 22.3 Å². The molecule has 0 aliphatic carbocycles. The smallest absolute Gasteiger partial charge is 0.266 e. The summed E-state index contributed by atoms with van der Waals surface area (Å²) in [5.74, 6) is -0.299. The average molecular weight is 452 g/mol. The minimum Gasteiger partial charge on any atom is -0.484 e. The van der Waals surface area contributed by atoms with Crippen LogP contribution in [0.1, 0.15) is 0 Å². The lowest BCUT2D eigenvalue weighted by Gasteiger charge is -2.22. The first-order valence-electron chi connectivity index (χ1n) is 9.07. The molecule has 3 rings (SSSR count). The van der Waals surface area contributed by atoms with Crippen LogP contribution in [0.25, 0.3) is 10.2 Å².